The Labute approximate surface area is 122 Å². The van der Waals surface area contributed by atoms with Crippen LogP contribution >= 0.6 is 0 Å². The maximum absolute atomic E-state index is 11.1. The maximum atomic E-state index is 11.1. The van der Waals surface area contributed by atoms with Crippen LogP contribution in [0.2, 0.25) is 0 Å². The third-order valence-electron chi connectivity index (χ3n) is 6.46. The van der Waals surface area contributed by atoms with Crippen molar-refractivity contribution in [3.63, 3.8) is 0 Å². The number of hydrogen-bond acceptors (Lipinski definition) is 2. The number of hydrogen-bond donors (Lipinski definition) is 2. The zero-order chi connectivity index (χ0) is 15.3. The van der Waals surface area contributed by atoms with Crippen molar-refractivity contribution in [3.05, 3.63) is 0 Å². The molecule has 3 heteroatoms. The lowest BCUT2D eigenvalue weighted by atomic mass is 9.47. The molecular formula is C17H30O3. The lowest BCUT2D eigenvalue weighted by Gasteiger charge is -2.59. The number of fused-ring (bicyclic) bond motifs is 1. The lowest BCUT2D eigenvalue weighted by molar-refractivity contribution is -0.166. The van der Waals surface area contributed by atoms with Crippen molar-refractivity contribution in [1.29, 1.82) is 0 Å². The molecule has 0 amide bonds. The second-order valence-electron chi connectivity index (χ2n) is 8.71. The molecule has 4 atom stereocenters. The fraction of sp³-hybridized carbons (Fsp3) is 0.941. The third kappa shape index (κ3) is 2.61. The van der Waals surface area contributed by atoms with Gasteiger partial charge >= 0.3 is 5.97 Å². The number of carboxylic acids is 1. The molecule has 2 saturated carbocycles. The Kier molecular flexibility index (Phi) is 3.73. The fourth-order valence-electron chi connectivity index (χ4n) is 4.70. The number of aliphatic hydroxyl groups is 1. The molecule has 3 nitrogen and oxygen atoms in total. The third-order valence-corrected chi connectivity index (χ3v) is 6.46. The van der Waals surface area contributed by atoms with Gasteiger partial charge < -0.3 is 10.2 Å². The van der Waals surface area contributed by atoms with Gasteiger partial charge in [-0.1, -0.05) is 34.6 Å². The van der Waals surface area contributed by atoms with Gasteiger partial charge in [0.2, 0.25) is 0 Å². The van der Waals surface area contributed by atoms with Gasteiger partial charge in [0.25, 0.3) is 0 Å². The standard InChI is InChI=1S/C17H30O3/c1-11-8-12-13(9-17(11,20)10-14(18)19)16(4,5)7-6-15(12,2)3/h11-13,20H,6-10H2,1-5H3,(H,18,19)/t11-,12+,13+,17-/m0/s1. The Balaban J connectivity index is 2.31. The lowest BCUT2D eigenvalue weighted by Crippen LogP contribution is -2.55. The normalized spacial score (nSPS) is 42.8. The summed E-state index contributed by atoms with van der Waals surface area (Å²) in [5, 5.41) is 20.0. The van der Waals surface area contributed by atoms with Crippen molar-refractivity contribution >= 4 is 5.97 Å². The summed E-state index contributed by atoms with van der Waals surface area (Å²) in [5.41, 5.74) is -0.524. The molecule has 2 rings (SSSR count). The molecule has 2 N–H and O–H groups in total. The van der Waals surface area contributed by atoms with Gasteiger partial charge in [0.05, 0.1) is 12.0 Å². The highest BCUT2D eigenvalue weighted by Gasteiger charge is 2.55. The average molecular weight is 282 g/mol. The summed E-state index contributed by atoms with van der Waals surface area (Å²) in [7, 11) is 0. The molecule has 0 aromatic carbocycles. The summed E-state index contributed by atoms with van der Waals surface area (Å²) in [5.74, 6) is 0.195. The van der Waals surface area contributed by atoms with Crippen molar-refractivity contribution in [2.24, 2.45) is 28.6 Å². The summed E-state index contributed by atoms with van der Waals surface area (Å²) < 4.78 is 0. The average Bonchev–Trinajstić information content (AvgIpc) is 2.27. The monoisotopic (exact) mass is 282 g/mol. The smallest absolute Gasteiger partial charge is 0.306 e. The molecule has 20 heavy (non-hydrogen) atoms. The van der Waals surface area contributed by atoms with Crippen LogP contribution in [0.1, 0.15) is 66.7 Å². The minimum absolute atomic E-state index is 0.0630. The van der Waals surface area contributed by atoms with E-state index in [4.69, 9.17) is 5.11 Å². The van der Waals surface area contributed by atoms with Crippen LogP contribution in [0.15, 0.2) is 0 Å². The second-order valence-corrected chi connectivity index (χ2v) is 8.71. The molecule has 0 aliphatic heterocycles. The predicted molar refractivity (Wildman–Crippen MR) is 79.4 cm³/mol. The van der Waals surface area contributed by atoms with Crippen molar-refractivity contribution in [2.75, 3.05) is 0 Å². The largest absolute Gasteiger partial charge is 0.481 e. The Hall–Kier alpha value is -0.570. The highest BCUT2D eigenvalue weighted by molar-refractivity contribution is 5.68. The number of carboxylic acid groups (broad SMARTS) is 1. The van der Waals surface area contributed by atoms with Crippen LogP contribution in [0.25, 0.3) is 0 Å². The highest BCUT2D eigenvalue weighted by atomic mass is 16.4. The number of rotatable bonds is 2. The Morgan fingerprint density at radius 3 is 2.10 bits per heavy atom. The van der Waals surface area contributed by atoms with Crippen LogP contribution < -0.4 is 0 Å². The maximum Gasteiger partial charge on any atom is 0.306 e. The highest BCUT2D eigenvalue weighted by Crippen LogP contribution is 2.60. The molecule has 0 aromatic heterocycles. The van der Waals surface area contributed by atoms with Crippen LogP contribution in [0.5, 0.6) is 0 Å². The van der Waals surface area contributed by atoms with E-state index in [2.05, 4.69) is 27.7 Å². The molecule has 2 aliphatic rings. The molecule has 0 bridgehead atoms. The van der Waals surface area contributed by atoms with Crippen LogP contribution in [0.3, 0.4) is 0 Å². The van der Waals surface area contributed by atoms with E-state index in [-0.39, 0.29) is 17.8 Å². The molecule has 0 unspecified atom stereocenters. The van der Waals surface area contributed by atoms with Gasteiger partial charge in [-0.2, -0.15) is 0 Å². The van der Waals surface area contributed by atoms with Gasteiger partial charge in [-0.15, -0.1) is 0 Å². The molecule has 0 radical (unpaired) electrons. The Morgan fingerprint density at radius 1 is 1.10 bits per heavy atom. The molecule has 2 fully saturated rings. The van der Waals surface area contributed by atoms with E-state index in [0.29, 0.717) is 23.7 Å². The number of aliphatic carboxylic acids is 1. The quantitative estimate of drug-likeness (QED) is 0.812. The first-order valence-electron chi connectivity index (χ1n) is 7.92. The first kappa shape index (κ1) is 15.8. The molecule has 0 saturated heterocycles. The van der Waals surface area contributed by atoms with E-state index in [9.17, 15) is 9.90 Å². The zero-order valence-electron chi connectivity index (χ0n) is 13.6. The molecule has 0 heterocycles. The van der Waals surface area contributed by atoms with E-state index in [1.165, 1.54) is 12.8 Å². The first-order valence-corrected chi connectivity index (χ1v) is 7.92. The van der Waals surface area contributed by atoms with Crippen LogP contribution in [-0.4, -0.2) is 21.8 Å². The summed E-state index contributed by atoms with van der Waals surface area (Å²) in [6.07, 6.45) is 3.87. The molecule has 0 aromatic rings. The zero-order valence-corrected chi connectivity index (χ0v) is 13.6. The van der Waals surface area contributed by atoms with Gasteiger partial charge in [0.1, 0.15) is 0 Å². The van der Waals surface area contributed by atoms with Crippen molar-refractivity contribution in [2.45, 2.75) is 72.3 Å². The van der Waals surface area contributed by atoms with Crippen LogP contribution in [-0.2, 0) is 4.79 Å². The summed E-state index contributed by atoms with van der Waals surface area (Å²) in [4.78, 5) is 11.1. The van der Waals surface area contributed by atoms with Gasteiger partial charge in [0, 0.05) is 0 Å². The van der Waals surface area contributed by atoms with Crippen molar-refractivity contribution < 1.29 is 15.0 Å². The SMILES string of the molecule is C[C@H]1C[C@@H]2[C@@H](C[C@]1(O)CC(=O)O)C(C)(C)CCC2(C)C. The summed E-state index contributed by atoms with van der Waals surface area (Å²) in [6, 6.07) is 0. The topological polar surface area (TPSA) is 57.5 Å². The molecular weight excluding hydrogens is 252 g/mol. The Morgan fingerprint density at radius 2 is 1.60 bits per heavy atom. The second kappa shape index (κ2) is 4.72. The van der Waals surface area contributed by atoms with Gasteiger partial charge in [-0.3, -0.25) is 4.79 Å². The van der Waals surface area contributed by atoms with Crippen molar-refractivity contribution in [1.82, 2.24) is 0 Å². The molecule has 116 valence electrons. The van der Waals surface area contributed by atoms with E-state index < -0.39 is 11.6 Å². The van der Waals surface area contributed by atoms with E-state index in [0.717, 1.165) is 6.42 Å². The van der Waals surface area contributed by atoms with Crippen molar-refractivity contribution in [3.8, 4) is 0 Å². The fourth-order valence-corrected chi connectivity index (χ4v) is 4.70. The van der Waals surface area contributed by atoms with Crippen LogP contribution in [0, 0.1) is 28.6 Å². The molecule has 0 spiro atoms. The summed E-state index contributed by atoms with van der Waals surface area (Å²) >= 11 is 0. The summed E-state index contributed by atoms with van der Waals surface area (Å²) in [6.45, 7) is 11.3. The minimum atomic E-state index is -1.03. The number of carbonyl (C=O) groups is 1. The Bertz CT molecular complexity index is 399. The van der Waals surface area contributed by atoms with Crippen LogP contribution in [0.4, 0.5) is 0 Å². The van der Waals surface area contributed by atoms with Gasteiger partial charge in [0.15, 0.2) is 0 Å². The van der Waals surface area contributed by atoms with Gasteiger partial charge in [-0.05, 0) is 54.3 Å². The first-order chi connectivity index (χ1) is 8.98. The van der Waals surface area contributed by atoms with Gasteiger partial charge in [-0.25, -0.2) is 0 Å². The van der Waals surface area contributed by atoms with E-state index in [1.54, 1.807) is 0 Å². The predicted octanol–water partition coefficient (Wildman–Crippen LogP) is 3.70. The minimum Gasteiger partial charge on any atom is -0.481 e. The molecule has 2 aliphatic carbocycles. The van der Waals surface area contributed by atoms with E-state index in [1.807, 2.05) is 6.92 Å². The van der Waals surface area contributed by atoms with E-state index >= 15 is 0 Å².